The Balaban J connectivity index is 1.86. The van der Waals surface area contributed by atoms with E-state index in [2.05, 4.69) is 10.3 Å². The molecule has 3 aromatic heterocycles. The minimum Gasteiger partial charge on any atom is -0.472 e. The van der Waals surface area contributed by atoms with Crippen molar-refractivity contribution in [3.8, 4) is 0 Å². The van der Waals surface area contributed by atoms with E-state index in [9.17, 15) is 0 Å². The number of imidazole rings is 1. The maximum atomic E-state index is 5.02. The average Bonchev–Trinajstić information content (AvgIpc) is 2.97. The molecule has 0 aliphatic carbocycles. The van der Waals surface area contributed by atoms with Gasteiger partial charge in [-0.2, -0.15) is 0 Å². The van der Waals surface area contributed by atoms with Gasteiger partial charge in [0.05, 0.1) is 12.5 Å². The summed E-state index contributed by atoms with van der Waals surface area (Å²) in [5, 5.41) is 3.34. The first-order valence-electron chi connectivity index (χ1n) is 5.10. The van der Waals surface area contributed by atoms with E-state index in [1.54, 1.807) is 18.7 Å². The van der Waals surface area contributed by atoms with E-state index in [0.717, 1.165) is 23.6 Å². The SMILES string of the molecule is c1cc(NCc2ccoc2)n2ccnc2c1. The van der Waals surface area contributed by atoms with Crippen LogP contribution in [0.15, 0.2) is 53.6 Å². The Morgan fingerprint density at radius 1 is 1.31 bits per heavy atom. The van der Waals surface area contributed by atoms with Gasteiger partial charge in [0, 0.05) is 24.5 Å². The number of hydrogen-bond acceptors (Lipinski definition) is 3. The summed E-state index contributed by atoms with van der Waals surface area (Å²) in [5.74, 6) is 1.02. The van der Waals surface area contributed by atoms with E-state index in [-0.39, 0.29) is 0 Å². The monoisotopic (exact) mass is 213 g/mol. The molecule has 3 rings (SSSR count). The van der Waals surface area contributed by atoms with Crippen LogP contribution in [0.4, 0.5) is 5.82 Å². The normalized spacial score (nSPS) is 10.8. The van der Waals surface area contributed by atoms with E-state index >= 15 is 0 Å². The molecule has 4 nitrogen and oxygen atoms in total. The van der Waals surface area contributed by atoms with Crippen LogP contribution in [0.2, 0.25) is 0 Å². The summed E-state index contributed by atoms with van der Waals surface area (Å²) in [4.78, 5) is 4.23. The van der Waals surface area contributed by atoms with Gasteiger partial charge < -0.3 is 9.73 Å². The first-order chi connectivity index (χ1) is 7.93. The second kappa shape index (κ2) is 3.73. The molecule has 0 saturated carbocycles. The van der Waals surface area contributed by atoms with Crippen molar-refractivity contribution in [3.63, 3.8) is 0 Å². The molecule has 0 aliphatic heterocycles. The van der Waals surface area contributed by atoms with Crippen molar-refractivity contribution < 1.29 is 4.42 Å². The van der Waals surface area contributed by atoms with Crippen molar-refractivity contribution in [2.45, 2.75) is 6.54 Å². The number of rotatable bonds is 3. The van der Waals surface area contributed by atoms with Crippen LogP contribution in [0, 0.1) is 0 Å². The third-order valence-electron chi connectivity index (χ3n) is 2.48. The molecule has 0 aromatic carbocycles. The summed E-state index contributed by atoms with van der Waals surface area (Å²) in [6.07, 6.45) is 7.14. The maximum absolute atomic E-state index is 5.02. The molecule has 0 amide bonds. The van der Waals surface area contributed by atoms with E-state index in [1.807, 2.05) is 34.9 Å². The molecule has 3 aromatic rings. The van der Waals surface area contributed by atoms with Gasteiger partial charge in [-0.25, -0.2) is 4.98 Å². The standard InChI is InChI=1S/C12H11N3O/c1-2-11-13-5-6-15(11)12(3-1)14-8-10-4-7-16-9-10/h1-7,9,14H,8H2. The number of anilines is 1. The van der Waals surface area contributed by atoms with Gasteiger partial charge in [-0.3, -0.25) is 4.40 Å². The largest absolute Gasteiger partial charge is 0.472 e. The summed E-state index contributed by atoms with van der Waals surface area (Å²) < 4.78 is 7.03. The number of furan rings is 1. The van der Waals surface area contributed by atoms with Gasteiger partial charge in [-0.05, 0) is 18.2 Å². The number of fused-ring (bicyclic) bond motifs is 1. The van der Waals surface area contributed by atoms with Crippen molar-refractivity contribution in [1.29, 1.82) is 0 Å². The minimum atomic E-state index is 0.744. The van der Waals surface area contributed by atoms with Gasteiger partial charge in [0.25, 0.3) is 0 Å². The zero-order chi connectivity index (χ0) is 10.8. The van der Waals surface area contributed by atoms with E-state index in [0.29, 0.717) is 0 Å². The molecule has 80 valence electrons. The van der Waals surface area contributed by atoms with Gasteiger partial charge in [-0.1, -0.05) is 6.07 Å². The van der Waals surface area contributed by atoms with Crippen LogP contribution in [0.3, 0.4) is 0 Å². The lowest BCUT2D eigenvalue weighted by atomic mass is 10.3. The quantitative estimate of drug-likeness (QED) is 0.727. The summed E-state index contributed by atoms with van der Waals surface area (Å²) in [5.41, 5.74) is 2.06. The Morgan fingerprint density at radius 2 is 2.31 bits per heavy atom. The number of pyridine rings is 1. The second-order valence-electron chi connectivity index (χ2n) is 3.55. The molecule has 4 heteroatoms. The Labute approximate surface area is 92.5 Å². The van der Waals surface area contributed by atoms with Crippen LogP contribution < -0.4 is 5.32 Å². The van der Waals surface area contributed by atoms with Crippen LogP contribution in [0.5, 0.6) is 0 Å². The molecule has 0 atom stereocenters. The molecule has 0 aliphatic rings. The zero-order valence-corrected chi connectivity index (χ0v) is 8.63. The van der Waals surface area contributed by atoms with Crippen molar-refractivity contribution in [2.24, 2.45) is 0 Å². The Kier molecular flexibility index (Phi) is 2.11. The third-order valence-corrected chi connectivity index (χ3v) is 2.48. The number of nitrogens with zero attached hydrogens (tertiary/aromatic N) is 2. The van der Waals surface area contributed by atoms with Crippen LogP contribution in [-0.4, -0.2) is 9.38 Å². The molecule has 0 saturated heterocycles. The highest BCUT2D eigenvalue weighted by atomic mass is 16.3. The number of nitrogens with one attached hydrogen (secondary N) is 1. The lowest BCUT2D eigenvalue weighted by Crippen LogP contribution is -2.02. The van der Waals surface area contributed by atoms with Crippen molar-refractivity contribution in [2.75, 3.05) is 5.32 Å². The fourth-order valence-electron chi connectivity index (χ4n) is 1.68. The predicted octanol–water partition coefficient (Wildman–Crippen LogP) is 2.54. The summed E-state index contributed by atoms with van der Waals surface area (Å²) in [7, 11) is 0. The first-order valence-corrected chi connectivity index (χ1v) is 5.10. The summed E-state index contributed by atoms with van der Waals surface area (Å²) >= 11 is 0. The topological polar surface area (TPSA) is 42.5 Å². The highest BCUT2D eigenvalue weighted by Crippen LogP contribution is 2.12. The zero-order valence-electron chi connectivity index (χ0n) is 8.63. The highest BCUT2D eigenvalue weighted by Gasteiger charge is 2.00. The van der Waals surface area contributed by atoms with Crippen molar-refractivity contribution in [3.05, 3.63) is 54.7 Å². The number of hydrogen-bond donors (Lipinski definition) is 1. The maximum Gasteiger partial charge on any atom is 0.138 e. The smallest absolute Gasteiger partial charge is 0.138 e. The number of aromatic nitrogens is 2. The molecular formula is C12H11N3O. The molecule has 0 radical (unpaired) electrons. The van der Waals surface area contributed by atoms with Gasteiger partial charge in [-0.15, -0.1) is 0 Å². The first kappa shape index (κ1) is 9.03. The fraction of sp³-hybridized carbons (Fsp3) is 0.0833. The second-order valence-corrected chi connectivity index (χ2v) is 3.55. The van der Waals surface area contributed by atoms with Crippen LogP contribution in [-0.2, 0) is 6.54 Å². The Morgan fingerprint density at radius 3 is 3.19 bits per heavy atom. The molecule has 16 heavy (non-hydrogen) atoms. The lowest BCUT2D eigenvalue weighted by Gasteiger charge is -2.07. The van der Waals surface area contributed by atoms with E-state index in [1.165, 1.54) is 0 Å². The average molecular weight is 213 g/mol. The van der Waals surface area contributed by atoms with Crippen molar-refractivity contribution >= 4 is 11.5 Å². The van der Waals surface area contributed by atoms with Gasteiger partial charge in [0.1, 0.15) is 11.5 Å². The Hall–Kier alpha value is -2.23. The van der Waals surface area contributed by atoms with Gasteiger partial charge in [0.2, 0.25) is 0 Å². The molecule has 3 heterocycles. The lowest BCUT2D eigenvalue weighted by molar-refractivity contribution is 0.564. The molecule has 0 spiro atoms. The van der Waals surface area contributed by atoms with Crippen LogP contribution >= 0.6 is 0 Å². The molecule has 0 unspecified atom stereocenters. The molecule has 1 N–H and O–H groups in total. The van der Waals surface area contributed by atoms with Crippen molar-refractivity contribution in [1.82, 2.24) is 9.38 Å². The third kappa shape index (κ3) is 1.54. The van der Waals surface area contributed by atoms with Crippen LogP contribution in [0.1, 0.15) is 5.56 Å². The molecule has 0 bridgehead atoms. The summed E-state index contributed by atoms with van der Waals surface area (Å²) in [6, 6.07) is 7.93. The summed E-state index contributed by atoms with van der Waals surface area (Å²) in [6.45, 7) is 0.744. The molecule has 0 fully saturated rings. The van der Waals surface area contributed by atoms with Gasteiger partial charge >= 0.3 is 0 Å². The van der Waals surface area contributed by atoms with Gasteiger partial charge in [0.15, 0.2) is 0 Å². The fourth-order valence-corrected chi connectivity index (χ4v) is 1.68. The van der Waals surface area contributed by atoms with E-state index < -0.39 is 0 Å². The minimum absolute atomic E-state index is 0.744. The van der Waals surface area contributed by atoms with Crippen LogP contribution in [0.25, 0.3) is 5.65 Å². The molecular weight excluding hydrogens is 202 g/mol. The predicted molar refractivity (Wildman–Crippen MR) is 61.2 cm³/mol. The van der Waals surface area contributed by atoms with E-state index in [4.69, 9.17) is 4.42 Å². The Bertz CT molecular complexity index is 583. The highest BCUT2D eigenvalue weighted by molar-refractivity contribution is 5.49.